The van der Waals surface area contributed by atoms with Gasteiger partial charge in [-0.15, -0.1) is 0 Å². The van der Waals surface area contributed by atoms with Crippen molar-refractivity contribution in [1.82, 2.24) is 0 Å². The van der Waals surface area contributed by atoms with Crippen molar-refractivity contribution in [3.63, 3.8) is 0 Å². The van der Waals surface area contributed by atoms with E-state index in [9.17, 15) is 0 Å². The first kappa shape index (κ1) is 12.2. The van der Waals surface area contributed by atoms with Gasteiger partial charge in [0.1, 0.15) is 0 Å². The average Bonchev–Trinajstić information content (AvgIpc) is 2.20. The van der Waals surface area contributed by atoms with Crippen molar-refractivity contribution in [3.8, 4) is 0 Å². The SMILES string of the molecule is NCCC[SiH2]C1(CCN)CCCCO1. The summed E-state index contributed by atoms with van der Waals surface area (Å²) < 4.78 is 5.99. The van der Waals surface area contributed by atoms with Crippen LogP contribution >= 0.6 is 0 Å². The molecule has 0 bridgehead atoms. The number of hydrogen-bond donors (Lipinski definition) is 2. The Hall–Kier alpha value is 0.0969. The van der Waals surface area contributed by atoms with Gasteiger partial charge in [0.25, 0.3) is 0 Å². The molecule has 0 aromatic heterocycles. The van der Waals surface area contributed by atoms with Crippen LogP contribution in [-0.2, 0) is 4.74 Å². The minimum absolute atomic E-state index is 0.146. The van der Waals surface area contributed by atoms with Crippen molar-refractivity contribution in [2.45, 2.75) is 43.4 Å². The Morgan fingerprint density at radius 1 is 1.21 bits per heavy atom. The Morgan fingerprint density at radius 2 is 2.07 bits per heavy atom. The molecule has 1 heterocycles. The van der Waals surface area contributed by atoms with Crippen LogP contribution in [0.4, 0.5) is 0 Å². The van der Waals surface area contributed by atoms with Crippen molar-refractivity contribution in [2.24, 2.45) is 11.5 Å². The molecule has 1 rings (SSSR count). The van der Waals surface area contributed by atoms with Gasteiger partial charge in [0.2, 0.25) is 0 Å². The molecule has 1 unspecified atom stereocenters. The summed E-state index contributed by atoms with van der Waals surface area (Å²) in [4.78, 5) is 0. The Morgan fingerprint density at radius 3 is 2.64 bits per heavy atom. The van der Waals surface area contributed by atoms with Crippen molar-refractivity contribution in [3.05, 3.63) is 0 Å². The third kappa shape index (κ3) is 3.69. The van der Waals surface area contributed by atoms with Crippen LogP contribution in [0.25, 0.3) is 0 Å². The Kier molecular flexibility index (Phi) is 5.70. The fourth-order valence-electron chi connectivity index (χ4n) is 2.28. The Labute approximate surface area is 89.4 Å². The topological polar surface area (TPSA) is 61.3 Å². The maximum atomic E-state index is 5.99. The molecule has 84 valence electrons. The van der Waals surface area contributed by atoms with Crippen molar-refractivity contribution >= 4 is 9.52 Å². The van der Waals surface area contributed by atoms with Gasteiger partial charge >= 0.3 is 0 Å². The number of hydrogen-bond acceptors (Lipinski definition) is 3. The molecule has 0 spiro atoms. The lowest BCUT2D eigenvalue weighted by Gasteiger charge is -2.37. The first-order valence-corrected chi connectivity index (χ1v) is 7.58. The predicted octanol–water partition coefficient (Wildman–Crippen LogP) is 0.168. The van der Waals surface area contributed by atoms with Gasteiger partial charge in [-0.1, -0.05) is 6.04 Å². The molecule has 14 heavy (non-hydrogen) atoms. The summed E-state index contributed by atoms with van der Waals surface area (Å²) in [5, 5.41) is 0.238. The minimum atomic E-state index is -0.146. The standard InChI is InChI=1S/C10H24N2OSi/c11-6-3-9-14-10(5-7-12)4-1-2-8-13-10/h1-9,11-12,14H2. The first-order chi connectivity index (χ1) is 6.83. The van der Waals surface area contributed by atoms with Crippen molar-refractivity contribution in [2.75, 3.05) is 19.7 Å². The van der Waals surface area contributed by atoms with Crippen molar-refractivity contribution in [1.29, 1.82) is 0 Å². The second kappa shape index (κ2) is 6.56. The van der Waals surface area contributed by atoms with E-state index in [-0.39, 0.29) is 14.7 Å². The lowest BCUT2D eigenvalue weighted by atomic mass is 10.1. The smallest absolute Gasteiger partial charge is 0.0596 e. The highest BCUT2D eigenvalue weighted by molar-refractivity contribution is 6.39. The van der Waals surface area contributed by atoms with Gasteiger partial charge in [0.15, 0.2) is 0 Å². The number of nitrogens with two attached hydrogens (primary N) is 2. The highest BCUT2D eigenvalue weighted by Crippen LogP contribution is 2.27. The summed E-state index contributed by atoms with van der Waals surface area (Å²) >= 11 is 0. The molecule has 1 saturated heterocycles. The van der Waals surface area contributed by atoms with E-state index in [0.717, 1.165) is 26.1 Å². The molecule has 0 aliphatic carbocycles. The molecular weight excluding hydrogens is 192 g/mol. The van der Waals surface area contributed by atoms with Gasteiger partial charge in [-0.2, -0.15) is 0 Å². The van der Waals surface area contributed by atoms with Gasteiger partial charge < -0.3 is 16.2 Å². The molecule has 1 atom stereocenters. The fraction of sp³-hybridized carbons (Fsp3) is 1.00. The summed E-state index contributed by atoms with van der Waals surface area (Å²) in [5.41, 5.74) is 11.2. The van der Waals surface area contributed by atoms with Crippen LogP contribution in [0.3, 0.4) is 0 Å². The third-order valence-corrected chi connectivity index (χ3v) is 5.80. The molecule has 3 nitrogen and oxygen atoms in total. The second-order valence-corrected chi connectivity index (χ2v) is 6.77. The number of rotatable bonds is 6. The molecule has 1 aliphatic heterocycles. The molecule has 4 N–H and O–H groups in total. The molecule has 0 amide bonds. The molecule has 0 saturated carbocycles. The quantitative estimate of drug-likeness (QED) is 0.491. The van der Waals surface area contributed by atoms with E-state index >= 15 is 0 Å². The van der Waals surface area contributed by atoms with Gasteiger partial charge in [0.05, 0.1) is 14.7 Å². The largest absolute Gasteiger partial charge is 0.379 e. The second-order valence-electron chi connectivity index (χ2n) is 4.27. The van der Waals surface area contributed by atoms with Gasteiger partial charge in [0, 0.05) is 6.61 Å². The monoisotopic (exact) mass is 216 g/mol. The molecule has 4 heteroatoms. The summed E-state index contributed by atoms with van der Waals surface area (Å²) in [6.45, 7) is 2.55. The van der Waals surface area contributed by atoms with E-state index in [4.69, 9.17) is 16.2 Å². The Balaban J connectivity index is 2.34. The van der Waals surface area contributed by atoms with Gasteiger partial charge in [-0.05, 0) is 45.2 Å². The maximum absolute atomic E-state index is 5.99. The number of ether oxygens (including phenoxy) is 1. The zero-order valence-corrected chi connectivity index (χ0v) is 10.5. The van der Waals surface area contributed by atoms with Gasteiger partial charge in [-0.25, -0.2) is 0 Å². The van der Waals surface area contributed by atoms with Crippen LogP contribution in [0.1, 0.15) is 32.1 Å². The summed E-state index contributed by atoms with van der Waals surface area (Å²) in [6, 6.07) is 1.32. The lowest BCUT2D eigenvalue weighted by molar-refractivity contribution is -0.0239. The molecule has 1 fully saturated rings. The first-order valence-electron chi connectivity index (χ1n) is 5.87. The van der Waals surface area contributed by atoms with E-state index in [1.54, 1.807) is 0 Å². The zero-order chi connectivity index (χ0) is 10.3. The van der Waals surface area contributed by atoms with Crippen LogP contribution < -0.4 is 11.5 Å². The van der Waals surface area contributed by atoms with E-state index in [1.807, 2.05) is 0 Å². The summed E-state index contributed by atoms with van der Waals surface area (Å²) in [7, 11) is -0.146. The highest BCUT2D eigenvalue weighted by Gasteiger charge is 2.31. The average molecular weight is 216 g/mol. The molecular formula is C10H24N2OSi. The normalized spacial score (nSPS) is 28.7. The van der Waals surface area contributed by atoms with E-state index < -0.39 is 0 Å². The molecule has 0 radical (unpaired) electrons. The van der Waals surface area contributed by atoms with Crippen LogP contribution in [0.5, 0.6) is 0 Å². The summed E-state index contributed by atoms with van der Waals surface area (Å²) in [6.07, 6.45) is 6.06. The molecule has 1 aliphatic rings. The van der Waals surface area contributed by atoms with E-state index in [2.05, 4.69) is 0 Å². The van der Waals surface area contributed by atoms with Gasteiger partial charge in [-0.3, -0.25) is 0 Å². The third-order valence-electron chi connectivity index (χ3n) is 3.12. The maximum Gasteiger partial charge on any atom is 0.0596 e. The lowest BCUT2D eigenvalue weighted by Crippen LogP contribution is -2.44. The van der Waals surface area contributed by atoms with Crippen LogP contribution in [-0.4, -0.2) is 34.4 Å². The molecule has 0 aromatic carbocycles. The fourth-order valence-corrected chi connectivity index (χ4v) is 4.71. The van der Waals surface area contributed by atoms with Crippen LogP contribution in [0, 0.1) is 0 Å². The van der Waals surface area contributed by atoms with Crippen molar-refractivity contribution < 1.29 is 4.74 Å². The molecule has 0 aromatic rings. The van der Waals surface area contributed by atoms with Crippen LogP contribution in [0.2, 0.25) is 6.04 Å². The zero-order valence-electron chi connectivity index (χ0n) is 9.13. The van der Waals surface area contributed by atoms with E-state index in [1.165, 1.54) is 31.7 Å². The predicted molar refractivity (Wildman–Crippen MR) is 63.2 cm³/mol. The van der Waals surface area contributed by atoms with E-state index in [0.29, 0.717) is 0 Å². The highest BCUT2D eigenvalue weighted by atomic mass is 28.2. The summed E-state index contributed by atoms with van der Waals surface area (Å²) in [5.74, 6) is 0. The minimum Gasteiger partial charge on any atom is -0.379 e. The Bertz CT molecular complexity index is 144. The van der Waals surface area contributed by atoms with Crippen LogP contribution in [0.15, 0.2) is 0 Å².